The van der Waals surface area contributed by atoms with Gasteiger partial charge in [-0.25, -0.2) is 9.37 Å². The maximum Gasteiger partial charge on any atom is 0.123 e. The summed E-state index contributed by atoms with van der Waals surface area (Å²) in [4.78, 5) is 3.90. The van der Waals surface area contributed by atoms with Gasteiger partial charge in [0, 0.05) is 6.20 Å². The zero-order valence-corrected chi connectivity index (χ0v) is 8.15. The van der Waals surface area contributed by atoms with Crippen LogP contribution in [-0.2, 0) is 6.42 Å². The van der Waals surface area contributed by atoms with Gasteiger partial charge in [0.05, 0.1) is 0 Å². The molecule has 0 atom stereocenters. The molecule has 0 amide bonds. The third-order valence-electron chi connectivity index (χ3n) is 2.14. The smallest absolute Gasteiger partial charge is 0.123 e. The van der Waals surface area contributed by atoms with E-state index in [1.807, 2.05) is 12.1 Å². The van der Waals surface area contributed by atoms with E-state index >= 15 is 0 Å². The fourth-order valence-electron chi connectivity index (χ4n) is 1.49. The van der Waals surface area contributed by atoms with Gasteiger partial charge in [0.25, 0.3) is 0 Å². The maximum atomic E-state index is 12.9. The molecule has 2 N–H and O–H groups in total. The molecular weight excluding hydrogens is 191 g/mol. The molecule has 0 fully saturated rings. The van der Waals surface area contributed by atoms with Crippen LogP contribution < -0.4 is 5.73 Å². The van der Waals surface area contributed by atoms with Crippen LogP contribution in [0.5, 0.6) is 0 Å². The Bertz CT molecular complexity index is 425. The van der Waals surface area contributed by atoms with E-state index < -0.39 is 0 Å². The molecule has 76 valence electrons. The van der Waals surface area contributed by atoms with Gasteiger partial charge in [-0.3, -0.25) is 0 Å². The second-order valence-electron chi connectivity index (χ2n) is 3.40. The molecule has 1 aromatic heterocycles. The van der Waals surface area contributed by atoms with Gasteiger partial charge in [-0.05, 0) is 41.8 Å². The number of nitrogen functional groups attached to an aromatic ring is 1. The van der Waals surface area contributed by atoms with Crippen molar-refractivity contribution in [2.45, 2.75) is 6.42 Å². The Kier molecular flexibility index (Phi) is 2.63. The predicted octanol–water partition coefficient (Wildman–Crippen LogP) is 2.39. The quantitative estimate of drug-likeness (QED) is 0.812. The molecular formula is C12H11FN2. The second kappa shape index (κ2) is 4.09. The SMILES string of the molecule is Nc1cc(Cc2cccc(F)c2)ccn1. The summed E-state index contributed by atoms with van der Waals surface area (Å²) in [6.45, 7) is 0. The highest BCUT2D eigenvalue weighted by Gasteiger charge is 1.98. The van der Waals surface area contributed by atoms with E-state index in [0.29, 0.717) is 12.2 Å². The minimum absolute atomic E-state index is 0.213. The van der Waals surface area contributed by atoms with Gasteiger partial charge in [0.15, 0.2) is 0 Å². The molecule has 2 nitrogen and oxygen atoms in total. The van der Waals surface area contributed by atoms with Gasteiger partial charge in [-0.1, -0.05) is 12.1 Å². The van der Waals surface area contributed by atoms with Crippen molar-refractivity contribution < 1.29 is 4.39 Å². The first-order valence-corrected chi connectivity index (χ1v) is 4.69. The molecule has 2 rings (SSSR count). The predicted molar refractivity (Wildman–Crippen MR) is 57.9 cm³/mol. The number of pyridine rings is 1. The summed E-state index contributed by atoms with van der Waals surface area (Å²) in [7, 11) is 0. The number of benzene rings is 1. The Morgan fingerprint density at radius 2 is 1.93 bits per heavy atom. The minimum Gasteiger partial charge on any atom is -0.384 e. The standard InChI is InChI=1S/C12H11FN2/c13-11-3-1-2-9(7-11)6-10-4-5-15-12(14)8-10/h1-5,7-8H,6H2,(H2,14,15). The van der Waals surface area contributed by atoms with E-state index in [9.17, 15) is 4.39 Å². The van der Waals surface area contributed by atoms with Crippen LogP contribution in [-0.4, -0.2) is 4.98 Å². The van der Waals surface area contributed by atoms with Crippen LogP contribution in [0.3, 0.4) is 0 Å². The summed E-state index contributed by atoms with van der Waals surface area (Å²) >= 11 is 0. The normalized spacial score (nSPS) is 10.2. The molecule has 0 aliphatic heterocycles. The molecule has 0 unspecified atom stereocenters. The second-order valence-corrected chi connectivity index (χ2v) is 3.40. The minimum atomic E-state index is -0.213. The van der Waals surface area contributed by atoms with E-state index in [4.69, 9.17) is 5.73 Å². The Balaban J connectivity index is 2.22. The van der Waals surface area contributed by atoms with E-state index in [-0.39, 0.29) is 5.82 Å². The number of aromatic nitrogens is 1. The highest BCUT2D eigenvalue weighted by molar-refractivity contribution is 5.34. The maximum absolute atomic E-state index is 12.9. The van der Waals surface area contributed by atoms with Crippen molar-refractivity contribution in [2.75, 3.05) is 5.73 Å². The van der Waals surface area contributed by atoms with Gasteiger partial charge in [0.1, 0.15) is 11.6 Å². The monoisotopic (exact) mass is 202 g/mol. The van der Waals surface area contributed by atoms with Gasteiger partial charge in [0.2, 0.25) is 0 Å². The summed E-state index contributed by atoms with van der Waals surface area (Å²) in [6, 6.07) is 10.2. The van der Waals surface area contributed by atoms with Gasteiger partial charge >= 0.3 is 0 Å². The Labute approximate surface area is 87.6 Å². The number of nitrogens with two attached hydrogens (primary N) is 1. The number of hydrogen-bond acceptors (Lipinski definition) is 2. The lowest BCUT2D eigenvalue weighted by Gasteiger charge is -2.02. The number of hydrogen-bond donors (Lipinski definition) is 1. The zero-order valence-electron chi connectivity index (χ0n) is 8.15. The topological polar surface area (TPSA) is 38.9 Å². The average Bonchev–Trinajstić information content (AvgIpc) is 2.17. The van der Waals surface area contributed by atoms with Crippen molar-refractivity contribution in [1.29, 1.82) is 0 Å². The van der Waals surface area contributed by atoms with Gasteiger partial charge < -0.3 is 5.73 Å². The molecule has 0 spiro atoms. The van der Waals surface area contributed by atoms with Gasteiger partial charge in [-0.15, -0.1) is 0 Å². The van der Waals surface area contributed by atoms with E-state index in [0.717, 1.165) is 11.1 Å². The van der Waals surface area contributed by atoms with Crippen molar-refractivity contribution in [1.82, 2.24) is 4.98 Å². The molecule has 1 heterocycles. The van der Waals surface area contributed by atoms with Crippen molar-refractivity contribution >= 4 is 5.82 Å². The third kappa shape index (κ3) is 2.53. The van der Waals surface area contributed by atoms with Crippen LogP contribution >= 0.6 is 0 Å². The molecule has 0 aliphatic rings. The lowest BCUT2D eigenvalue weighted by molar-refractivity contribution is 0.626. The summed E-state index contributed by atoms with van der Waals surface area (Å²) in [5.41, 5.74) is 7.52. The molecule has 15 heavy (non-hydrogen) atoms. The van der Waals surface area contributed by atoms with Crippen LogP contribution in [0, 0.1) is 5.82 Å². The van der Waals surface area contributed by atoms with E-state index in [1.54, 1.807) is 18.3 Å². The summed E-state index contributed by atoms with van der Waals surface area (Å²) in [6.07, 6.45) is 2.33. The first-order chi connectivity index (χ1) is 7.24. The van der Waals surface area contributed by atoms with Crippen LogP contribution in [0.2, 0.25) is 0 Å². The number of halogens is 1. The van der Waals surface area contributed by atoms with Crippen LogP contribution in [0.1, 0.15) is 11.1 Å². The number of nitrogens with zero attached hydrogens (tertiary/aromatic N) is 1. The third-order valence-corrected chi connectivity index (χ3v) is 2.14. The number of rotatable bonds is 2. The highest BCUT2D eigenvalue weighted by atomic mass is 19.1. The lowest BCUT2D eigenvalue weighted by Crippen LogP contribution is -1.93. The molecule has 0 radical (unpaired) electrons. The molecule has 0 aliphatic carbocycles. The molecule has 1 aromatic carbocycles. The fraction of sp³-hybridized carbons (Fsp3) is 0.0833. The molecule has 0 bridgehead atoms. The molecule has 2 aromatic rings. The largest absolute Gasteiger partial charge is 0.384 e. The zero-order chi connectivity index (χ0) is 10.7. The Morgan fingerprint density at radius 3 is 2.67 bits per heavy atom. The molecule has 3 heteroatoms. The summed E-state index contributed by atoms with van der Waals surface area (Å²) < 4.78 is 12.9. The Hall–Kier alpha value is -1.90. The van der Waals surface area contributed by atoms with Crippen LogP contribution in [0.4, 0.5) is 10.2 Å². The van der Waals surface area contributed by atoms with Crippen molar-refractivity contribution in [3.8, 4) is 0 Å². The summed E-state index contributed by atoms with van der Waals surface area (Å²) in [5.74, 6) is 0.276. The first-order valence-electron chi connectivity index (χ1n) is 4.69. The number of anilines is 1. The van der Waals surface area contributed by atoms with Crippen molar-refractivity contribution in [2.24, 2.45) is 0 Å². The lowest BCUT2D eigenvalue weighted by atomic mass is 10.1. The van der Waals surface area contributed by atoms with Crippen molar-refractivity contribution in [3.05, 3.63) is 59.5 Å². The fourth-order valence-corrected chi connectivity index (χ4v) is 1.49. The van der Waals surface area contributed by atoms with Gasteiger partial charge in [-0.2, -0.15) is 0 Å². The van der Waals surface area contributed by atoms with Crippen molar-refractivity contribution in [3.63, 3.8) is 0 Å². The first kappa shape index (κ1) is 9.65. The summed E-state index contributed by atoms with van der Waals surface area (Å²) in [5, 5.41) is 0. The van der Waals surface area contributed by atoms with E-state index in [1.165, 1.54) is 12.1 Å². The average molecular weight is 202 g/mol. The molecule has 0 saturated carbocycles. The van der Waals surface area contributed by atoms with Crippen LogP contribution in [0.25, 0.3) is 0 Å². The van der Waals surface area contributed by atoms with E-state index in [2.05, 4.69) is 4.98 Å². The highest BCUT2D eigenvalue weighted by Crippen LogP contribution is 2.11. The van der Waals surface area contributed by atoms with Crippen LogP contribution in [0.15, 0.2) is 42.6 Å². The Morgan fingerprint density at radius 1 is 1.13 bits per heavy atom. The molecule has 0 saturated heterocycles.